The Morgan fingerprint density at radius 2 is 1.56 bits per heavy atom. The van der Waals surface area contributed by atoms with Crippen LogP contribution in [0.1, 0.15) is 96.0 Å². The average Bonchev–Trinajstić information content (AvgIpc) is 3.06. The summed E-state index contributed by atoms with van der Waals surface area (Å²) < 4.78 is 19.2. The first kappa shape index (κ1) is 40.3. The fraction of sp³-hybridized carbons (Fsp3) is 0.526. The first-order valence-corrected chi connectivity index (χ1v) is 17.1. The van der Waals surface area contributed by atoms with Gasteiger partial charge < -0.3 is 26.0 Å². The Kier molecular flexibility index (Phi) is 18.4. The molecule has 0 aliphatic rings. The van der Waals surface area contributed by atoms with Crippen LogP contribution in [0, 0.1) is 11.7 Å². The Balaban J connectivity index is 2.02. The number of ether oxygens (including phenoxy) is 1. The molecular weight excluding hydrogens is 615 g/mol. The molecule has 0 saturated heterocycles. The average molecular weight is 669 g/mol. The smallest absolute Gasteiger partial charge is 0.336 e. The number of hydrogen-bond donors (Lipinski definition) is 4. The van der Waals surface area contributed by atoms with Crippen molar-refractivity contribution in [2.24, 2.45) is 11.7 Å². The van der Waals surface area contributed by atoms with Gasteiger partial charge in [-0.05, 0) is 42.9 Å². The van der Waals surface area contributed by atoms with Gasteiger partial charge in [0.1, 0.15) is 17.6 Å². The number of ketones is 1. The molecule has 9 nitrogen and oxygen atoms in total. The van der Waals surface area contributed by atoms with Gasteiger partial charge in [-0.25, -0.2) is 9.18 Å². The lowest BCUT2D eigenvalue weighted by Crippen LogP contribution is -2.55. The molecule has 2 aromatic carbocycles. The number of primary amides is 1. The Hall–Kier alpha value is -3.89. The van der Waals surface area contributed by atoms with E-state index in [9.17, 15) is 33.8 Å². The predicted octanol–water partition coefficient (Wildman–Crippen LogP) is 6.30. The maximum Gasteiger partial charge on any atom is 0.336 e. The van der Waals surface area contributed by atoms with Crippen LogP contribution in [0.4, 0.5) is 4.39 Å². The molecular formula is C38H53FN2O7. The number of methoxy groups -OCH3 is 1. The van der Waals surface area contributed by atoms with Gasteiger partial charge in [-0.15, -0.1) is 0 Å². The molecule has 10 heteroatoms. The SMILES string of the molecule is CCCCCCCC(=O)CCCCCC/C=C/[C@H](C(=O)N[C@@H](Cc1ccc(-c2ccccc2F)cc1)C(N)=O)[C@@](O)(CCOC)C(=O)O. The number of carbonyl (C=O) groups is 4. The number of aliphatic hydroxyl groups is 1. The van der Waals surface area contributed by atoms with Crippen molar-refractivity contribution in [2.75, 3.05) is 13.7 Å². The number of halogens is 1. The molecule has 48 heavy (non-hydrogen) atoms. The lowest BCUT2D eigenvalue weighted by molar-refractivity contribution is -0.168. The molecule has 3 atom stereocenters. The van der Waals surface area contributed by atoms with Gasteiger partial charge in [0, 0.05) is 45.0 Å². The molecule has 0 fully saturated rings. The molecule has 2 aromatic rings. The van der Waals surface area contributed by atoms with Gasteiger partial charge in [0.05, 0.1) is 5.92 Å². The highest BCUT2D eigenvalue weighted by Crippen LogP contribution is 2.26. The highest BCUT2D eigenvalue weighted by Gasteiger charge is 2.47. The lowest BCUT2D eigenvalue weighted by atomic mass is 9.83. The van der Waals surface area contributed by atoms with Crippen molar-refractivity contribution in [3.05, 3.63) is 72.1 Å². The molecule has 0 heterocycles. The van der Waals surface area contributed by atoms with Crippen molar-refractivity contribution in [1.29, 1.82) is 0 Å². The van der Waals surface area contributed by atoms with E-state index in [4.69, 9.17) is 10.5 Å². The second-order valence-corrected chi connectivity index (χ2v) is 12.4. The van der Waals surface area contributed by atoms with Crippen molar-refractivity contribution in [3.63, 3.8) is 0 Å². The Bertz CT molecular complexity index is 1330. The van der Waals surface area contributed by atoms with E-state index in [1.807, 2.05) is 0 Å². The van der Waals surface area contributed by atoms with E-state index in [1.165, 1.54) is 38.5 Å². The summed E-state index contributed by atoms with van der Waals surface area (Å²) in [5.74, 6) is -4.91. The van der Waals surface area contributed by atoms with Gasteiger partial charge in [0.2, 0.25) is 11.8 Å². The topological polar surface area (TPSA) is 156 Å². The van der Waals surface area contributed by atoms with Gasteiger partial charge in [0.15, 0.2) is 5.60 Å². The molecule has 5 N–H and O–H groups in total. The third kappa shape index (κ3) is 13.7. The number of hydrogen-bond acceptors (Lipinski definition) is 6. The zero-order chi connectivity index (χ0) is 35.4. The minimum atomic E-state index is -2.50. The number of aliphatic carboxylic acids is 1. The summed E-state index contributed by atoms with van der Waals surface area (Å²) in [5.41, 5.74) is 4.80. The van der Waals surface area contributed by atoms with Crippen LogP contribution >= 0.6 is 0 Å². The minimum absolute atomic E-state index is 0.00000937. The van der Waals surface area contributed by atoms with Crippen LogP contribution in [0.3, 0.4) is 0 Å². The lowest BCUT2D eigenvalue weighted by Gasteiger charge is -2.30. The highest BCUT2D eigenvalue weighted by molar-refractivity contribution is 5.93. The zero-order valence-electron chi connectivity index (χ0n) is 28.4. The summed E-state index contributed by atoms with van der Waals surface area (Å²) in [4.78, 5) is 50.3. The van der Waals surface area contributed by atoms with Gasteiger partial charge >= 0.3 is 5.97 Å². The molecule has 0 unspecified atom stereocenters. The number of amides is 2. The molecule has 0 spiro atoms. The summed E-state index contributed by atoms with van der Waals surface area (Å²) in [6.07, 6.45) is 13.3. The number of carboxylic acid groups (broad SMARTS) is 1. The van der Waals surface area contributed by atoms with Crippen molar-refractivity contribution < 1.29 is 38.5 Å². The van der Waals surface area contributed by atoms with Crippen molar-refractivity contribution in [1.82, 2.24) is 5.32 Å². The largest absolute Gasteiger partial charge is 0.479 e. The van der Waals surface area contributed by atoms with Crippen molar-refractivity contribution in [2.45, 2.75) is 108 Å². The molecule has 264 valence electrons. The van der Waals surface area contributed by atoms with Gasteiger partial charge in [-0.3, -0.25) is 14.4 Å². The number of allylic oxidation sites excluding steroid dienone is 1. The number of carboxylic acids is 1. The number of nitrogens with two attached hydrogens (primary N) is 1. The van der Waals surface area contributed by atoms with Crippen LogP contribution in [0.5, 0.6) is 0 Å². The van der Waals surface area contributed by atoms with E-state index in [0.29, 0.717) is 41.7 Å². The maximum absolute atomic E-state index is 14.2. The Morgan fingerprint density at radius 1 is 0.938 bits per heavy atom. The predicted molar refractivity (Wildman–Crippen MR) is 184 cm³/mol. The first-order chi connectivity index (χ1) is 23.0. The standard InChI is InChI=1S/C38H53FN2O7/c1-3-4-5-8-11-16-30(42)17-12-9-6-7-10-13-19-32(38(47,37(45)46)25-26-48-2)36(44)41-34(35(40)43)27-28-21-23-29(24-22-28)31-18-14-15-20-33(31)39/h13-15,18-24,32,34,47H,3-12,16-17,25-27H2,1-2H3,(H2,40,43)(H,41,44)(H,45,46)/b19-13+/t32-,34+,38+/m1/s1. The fourth-order valence-electron chi connectivity index (χ4n) is 5.57. The van der Waals surface area contributed by atoms with E-state index < -0.39 is 35.3 Å². The summed E-state index contributed by atoms with van der Waals surface area (Å²) in [6.45, 7) is 2.04. The quantitative estimate of drug-likeness (QED) is 0.0715. The van der Waals surface area contributed by atoms with Crippen LogP contribution in [0.15, 0.2) is 60.7 Å². The molecule has 0 bridgehead atoms. The number of nitrogens with one attached hydrogen (secondary N) is 1. The number of carbonyl (C=O) groups excluding carboxylic acids is 3. The second-order valence-electron chi connectivity index (χ2n) is 12.4. The van der Waals surface area contributed by atoms with E-state index in [2.05, 4.69) is 12.2 Å². The number of benzene rings is 2. The molecule has 0 aliphatic carbocycles. The van der Waals surface area contributed by atoms with E-state index in [0.717, 1.165) is 38.5 Å². The molecule has 0 radical (unpaired) electrons. The van der Waals surface area contributed by atoms with Gasteiger partial charge in [0.25, 0.3) is 0 Å². The number of Topliss-reactive ketones (excluding diaryl/α,β-unsaturated/α-hetero) is 1. The van der Waals surface area contributed by atoms with Crippen LogP contribution < -0.4 is 11.1 Å². The van der Waals surface area contributed by atoms with Crippen LogP contribution in [0.25, 0.3) is 11.1 Å². The van der Waals surface area contributed by atoms with Crippen molar-refractivity contribution >= 4 is 23.6 Å². The van der Waals surface area contributed by atoms with Crippen LogP contribution in [-0.2, 0) is 30.3 Å². The summed E-state index contributed by atoms with van der Waals surface area (Å²) in [7, 11) is 1.36. The normalized spacial score (nSPS) is 13.9. The van der Waals surface area contributed by atoms with Crippen molar-refractivity contribution in [3.8, 4) is 11.1 Å². The summed E-state index contributed by atoms with van der Waals surface area (Å²) in [5, 5.41) is 23.7. The monoisotopic (exact) mass is 668 g/mol. The second kappa shape index (κ2) is 21.9. The van der Waals surface area contributed by atoms with Crippen LogP contribution in [-0.4, -0.2) is 59.1 Å². The fourth-order valence-corrected chi connectivity index (χ4v) is 5.57. The van der Waals surface area contributed by atoms with Gasteiger partial charge in [-0.2, -0.15) is 0 Å². The molecule has 0 aromatic heterocycles. The summed E-state index contributed by atoms with van der Waals surface area (Å²) >= 11 is 0. The van der Waals surface area contributed by atoms with Gasteiger partial charge in [-0.1, -0.05) is 100 Å². The maximum atomic E-state index is 14.2. The Morgan fingerprint density at radius 3 is 2.15 bits per heavy atom. The molecule has 2 rings (SSSR count). The number of unbranched alkanes of at least 4 members (excludes halogenated alkanes) is 8. The first-order valence-electron chi connectivity index (χ1n) is 17.1. The Labute approximate surface area is 284 Å². The third-order valence-corrected chi connectivity index (χ3v) is 8.56. The van der Waals surface area contributed by atoms with E-state index >= 15 is 0 Å². The molecule has 0 saturated carbocycles. The molecule has 2 amide bonds. The van der Waals surface area contributed by atoms with Crippen LogP contribution in [0.2, 0.25) is 0 Å². The minimum Gasteiger partial charge on any atom is -0.479 e. The van der Waals surface area contributed by atoms with E-state index in [1.54, 1.807) is 48.5 Å². The van der Waals surface area contributed by atoms with E-state index in [-0.39, 0.29) is 25.3 Å². The third-order valence-electron chi connectivity index (χ3n) is 8.56. The highest BCUT2D eigenvalue weighted by atomic mass is 19.1. The number of rotatable bonds is 25. The molecule has 0 aliphatic heterocycles. The zero-order valence-corrected chi connectivity index (χ0v) is 28.4. The summed E-state index contributed by atoms with van der Waals surface area (Å²) in [6, 6.07) is 11.9.